The van der Waals surface area contributed by atoms with E-state index in [2.05, 4.69) is 20.3 Å². The van der Waals surface area contributed by atoms with Gasteiger partial charge in [0.2, 0.25) is 11.9 Å². The molecule has 0 aliphatic rings. The summed E-state index contributed by atoms with van der Waals surface area (Å²) in [7, 11) is 1.92. The van der Waals surface area contributed by atoms with Crippen molar-refractivity contribution in [3.05, 3.63) is 35.9 Å². The Balaban J connectivity index is 1.89. The molecule has 0 atom stereocenters. The largest absolute Gasteiger partial charge is 0.368 e. The Morgan fingerprint density at radius 2 is 2.10 bits per heavy atom. The summed E-state index contributed by atoms with van der Waals surface area (Å²) in [5, 5.41) is 3.71. The smallest absolute Gasteiger partial charge is 0.244 e. The van der Waals surface area contributed by atoms with Gasteiger partial charge in [0.05, 0.1) is 18.4 Å². The monoisotopic (exact) mass is 304 g/mol. The van der Waals surface area contributed by atoms with Gasteiger partial charge in [0.15, 0.2) is 5.16 Å². The fraction of sp³-hybridized carbons (Fsp3) is 0.231. The molecule has 0 unspecified atom stereocenters. The number of hydrogen-bond acceptors (Lipinski definition) is 6. The van der Waals surface area contributed by atoms with Crippen LogP contribution in [0.1, 0.15) is 11.3 Å². The molecular formula is C13H16N6OS. The third-order valence-corrected chi connectivity index (χ3v) is 3.53. The average molecular weight is 304 g/mol. The highest BCUT2D eigenvalue weighted by atomic mass is 32.2. The number of nitrogen functional groups attached to an aromatic ring is 1. The van der Waals surface area contributed by atoms with Gasteiger partial charge in [-0.05, 0) is 12.3 Å². The highest BCUT2D eigenvalue weighted by Crippen LogP contribution is 2.13. The number of nitrogens with two attached hydrogens (primary N) is 1. The van der Waals surface area contributed by atoms with Gasteiger partial charge >= 0.3 is 0 Å². The number of carbonyl (C=O) groups excluding carboxylic acids is 1. The Morgan fingerprint density at radius 3 is 2.71 bits per heavy atom. The van der Waals surface area contributed by atoms with E-state index >= 15 is 0 Å². The number of hydrogen-bond donors (Lipinski definition) is 2. The number of anilines is 1. The van der Waals surface area contributed by atoms with E-state index in [4.69, 9.17) is 5.73 Å². The second kappa shape index (κ2) is 6.89. The fourth-order valence-electron chi connectivity index (χ4n) is 1.62. The van der Waals surface area contributed by atoms with Gasteiger partial charge < -0.3 is 15.6 Å². The molecule has 3 N–H and O–H groups in total. The standard InChI is InChI=1S/C13H16N6OS/c1-19-10(8-18-13(19)21-2)7-15-11(20)4-3-9-5-16-12(14)17-6-9/h3-6,8H,7H2,1-2H3,(H,15,20)(H2,14,16,17). The maximum atomic E-state index is 11.7. The van der Waals surface area contributed by atoms with E-state index in [0.717, 1.165) is 10.9 Å². The topological polar surface area (TPSA) is 98.7 Å². The Labute approximate surface area is 126 Å². The molecule has 7 nitrogen and oxygen atoms in total. The van der Waals surface area contributed by atoms with Crippen LogP contribution in [-0.2, 0) is 18.4 Å². The molecular weight excluding hydrogens is 288 g/mol. The molecule has 2 heterocycles. The van der Waals surface area contributed by atoms with Crippen LogP contribution in [-0.4, -0.2) is 31.7 Å². The molecule has 1 amide bonds. The second-order valence-corrected chi connectivity index (χ2v) is 4.99. The van der Waals surface area contributed by atoms with E-state index in [1.807, 2.05) is 17.9 Å². The number of amides is 1. The third-order valence-electron chi connectivity index (χ3n) is 2.79. The first-order chi connectivity index (χ1) is 10.1. The van der Waals surface area contributed by atoms with Crippen LogP contribution in [0.5, 0.6) is 0 Å². The SMILES string of the molecule is CSc1ncc(CNC(=O)C=Cc2cnc(N)nc2)n1C. The van der Waals surface area contributed by atoms with Crippen molar-refractivity contribution in [2.24, 2.45) is 7.05 Å². The summed E-state index contributed by atoms with van der Waals surface area (Å²) in [4.78, 5) is 23.7. The summed E-state index contributed by atoms with van der Waals surface area (Å²) >= 11 is 1.56. The minimum atomic E-state index is -0.196. The van der Waals surface area contributed by atoms with Crippen LogP contribution in [0.2, 0.25) is 0 Å². The predicted molar refractivity (Wildman–Crippen MR) is 82.3 cm³/mol. The third kappa shape index (κ3) is 4.06. The highest BCUT2D eigenvalue weighted by molar-refractivity contribution is 7.98. The summed E-state index contributed by atoms with van der Waals surface area (Å²) in [6, 6.07) is 0. The summed E-state index contributed by atoms with van der Waals surface area (Å²) in [5.41, 5.74) is 7.04. The fourth-order valence-corrected chi connectivity index (χ4v) is 2.17. The minimum absolute atomic E-state index is 0.196. The zero-order valence-electron chi connectivity index (χ0n) is 11.8. The maximum absolute atomic E-state index is 11.7. The Bertz CT molecular complexity index is 649. The molecule has 0 bridgehead atoms. The van der Waals surface area contributed by atoms with Crippen molar-refractivity contribution in [3.8, 4) is 0 Å². The number of nitrogens with zero attached hydrogens (tertiary/aromatic N) is 4. The number of imidazole rings is 1. The van der Waals surface area contributed by atoms with Gasteiger partial charge in [-0.1, -0.05) is 11.8 Å². The van der Waals surface area contributed by atoms with E-state index in [-0.39, 0.29) is 11.9 Å². The number of thioether (sulfide) groups is 1. The minimum Gasteiger partial charge on any atom is -0.368 e. The molecule has 0 aliphatic heterocycles. The molecule has 0 saturated carbocycles. The van der Waals surface area contributed by atoms with Crippen molar-refractivity contribution in [2.75, 3.05) is 12.0 Å². The summed E-state index contributed by atoms with van der Waals surface area (Å²) in [5.74, 6) is 0.0103. The molecule has 0 spiro atoms. The van der Waals surface area contributed by atoms with Gasteiger partial charge in [-0.25, -0.2) is 15.0 Å². The summed E-state index contributed by atoms with van der Waals surface area (Å²) < 4.78 is 1.95. The molecule has 110 valence electrons. The molecule has 2 aromatic rings. The van der Waals surface area contributed by atoms with E-state index in [9.17, 15) is 4.79 Å². The molecule has 0 aliphatic carbocycles. The molecule has 21 heavy (non-hydrogen) atoms. The van der Waals surface area contributed by atoms with E-state index in [1.165, 1.54) is 6.08 Å². The van der Waals surface area contributed by atoms with Gasteiger partial charge in [-0.2, -0.15) is 0 Å². The quantitative estimate of drug-likeness (QED) is 0.627. The van der Waals surface area contributed by atoms with Crippen LogP contribution in [0.25, 0.3) is 6.08 Å². The Morgan fingerprint density at radius 1 is 1.38 bits per heavy atom. The van der Waals surface area contributed by atoms with Crippen LogP contribution in [0.15, 0.2) is 29.8 Å². The van der Waals surface area contributed by atoms with Crippen LogP contribution in [0, 0.1) is 0 Å². The van der Waals surface area contributed by atoms with Crippen molar-refractivity contribution >= 4 is 29.7 Å². The average Bonchev–Trinajstić information content (AvgIpc) is 2.85. The summed E-state index contributed by atoms with van der Waals surface area (Å²) in [6.45, 7) is 0.422. The van der Waals surface area contributed by atoms with Crippen LogP contribution < -0.4 is 11.1 Å². The van der Waals surface area contributed by atoms with E-state index < -0.39 is 0 Å². The lowest BCUT2D eigenvalue weighted by Gasteiger charge is -2.04. The number of nitrogens with one attached hydrogen (secondary N) is 1. The number of carbonyl (C=O) groups is 1. The van der Waals surface area contributed by atoms with Gasteiger partial charge in [-0.3, -0.25) is 4.79 Å². The molecule has 2 aromatic heterocycles. The Kier molecular flexibility index (Phi) is 4.94. The molecule has 0 aromatic carbocycles. The normalized spacial score (nSPS) is 11.0. The van der Waals surface area contributed by atoms with Gasteiger partial charge in [0, 0.05) is 31.1 Å². The van der Waals surface area contributed by atoms with Crippen molar-refractivity contribution in [1.29, 1.82) is 0 Å². The first-order valence-corrected chi connectivity index (χ1v) is 7.40. The molecule has 8 heteroatoms. The molecule has 0 saturated heterocycles. The van der Waals surface area contributed by atoms with E-state index in [0.29, 0.717) is 12.1 Å². The lowest BCUT2D eigenvalue weighted by atomic mass is 10.3. The zero-order valence-corrected chi connectivity index (χ0v) is 12.6. The predicted octanol–water partition coefficient (Wildman–Crippen LogP) is 0.844. The van der Waals surface area contributed by atoms with Crippen molar-refractivity contribution in [2.45, 2.75) is 11.7 Å². The van der Waals surface area contributed by atoms with Gasteiger partial charge in [-0.15, -0.1) is 0 Å². The van der Waals surface area contributed by atoms with Gasteiger partial charge in [0.1, 0.15) is 0 Å². The maximum Gasteiger partial charge on any atom is 0.244 e. The number of rotatable bonds is 5. The molecule has 0 fully saturated rings. The van der Waals surface area contributed by atoms with Crippen molar-refractivity contribution in [3.63, 3.8) is 0 Å². The molecule has 0 radical (unpaired) electrons. The van der Waals surface area contributed by atoms with E-state index in [1.54, 1.807) is 36.4 Å². The number of aromatic nitrogens is 4. The first kappa shape index (κ1) is 15.0. The van der Waals surface area contributed by atoms with Crippen LogP contribution >= 0.6 is 11.8 Å². The first-order valence-electron chi connectivity index (χ1n) is 6.18. The van der Waals surface area contributed by atoms with Gasteiger partial charge in [0.25, 0.3) is 0 Å². The zero-order chi connectivity index (χ0) is 15.2. The lowest BCUT2D eigenvalue weighted by Crippen LogP contribution is -2.21. The van der Waals surface area contributed by atoms with Crippen molar-refractivity contribution < 1.29 is 4.79 Å². The van der Waals surface area contributed by atoms with Crippen molar-refractivity contribution in [1.82, 2.24) is 24.8 Å². The Hall–Kier alpha value is -2.35. The van der Waals surface area contributed by atoms with Crippen LogP contribution in [0.4, 0.5) is 5.95 Å². The summed E-state index contributed by atoms with van der Waals surface area (Å²) in [6.07, 6.45) is 9.88. The lowest BCUT2D eigenvalue weighted by molar-refractivity contribution is -0.116. The second-order valence-electron chi connectivity index (χ2n) is 4.22. The van der Waals surface area contributed by atoms with Crippen LogP contribution in [0.3, 0.4) is 0 Å². The highest BCUT2D eigenvalue weighted by Gasteiger charge is 2.05. The molecule has 2 rings (SSSR count).